The SMILES string of the molecule is CC(NCC1CCCN1)c1ccc(F)cc1F. The Hall–Kier alpha value is -1.00. The maximum atomic E-state index is 13.5. The van der Waals surface area contributed by atoms with Crippen LogP contribution in [0.5, 0.6) is 0 Å². The fraction of sp³-hybridized carbons (Fsp3) is 0.538. The summed E-state index contributed by atoms with van der Waals surface area (Å²) in [7, 11) is 0. The van der Waals surface area contributed by atoms with Crippen LogP contribution in [-0.2, 0) is 0 Å². The van der Waals surface area contributed by atoms with E-state index in [1.807, 2.05) is 6.92 Å². The Balaban J connectivity index is 1.91. The van der Waals surface area contributed by atoms with Crippen LogP contribution in [0, 0.1) is 11.6 Å². The van der Waals surface area contributed by atoms with Gasteiger partial charge in [-0.2, -0.15) is 0 Å². The molecule has 0 radical (unpaired) electrons. The molecule has 1 aliphatic heterocycles. The number of benzene rings is 1. The Kier molecular flexibility index (Phi) is 4.07. The fourth-order valence-electron chi connectivity index (χ4n) is 2.21. The normalized spacial score (nSPS) is 21.7. The minimum atomic E-state index is -0.532. The molecule has 0 bridgehead atoms. The highest BCUT2D eigenvalue weighted by Crippen LogP contribution is 2.18. The first-order chi connectivity index (χ1) is 8.16. The molecule has 0 saturated carbocycles. The number of hydrogen-bond acceptors (Lipinski definition) is 2. The minimum Gasteiger partial charge on any atom is -0.313 e. The van der Waals surface area contributed by atoms with Crippen molar-refractivity contribution in [3.63, 3.8) is 0 Å². The number of halogens is 2. The molecule has 0 spiro atoms. The van der Waals surface area contributed by atoms with Gasteiger partial charge in [0.1, 0.15) is 11.6 Å². The van der Waals surface area contributed by atoms with Crippen LogP contribution in [0.3, 0.4) is 0 Å². The molecule has 2 rings (SSSR count). The van der Waals surface area contributed by atoms with E-state index in [0.717, 1.165) is 25.6 Å². The fourth-order valence-corrected chi connectivity index (χ4v) is 2.21. The van der Waals surface area contributed by atoms with Crippen molar-refractivity contribution in [2.24, 2.45) is 0 Å². The van der Waals surface area contributed by atoms with Crippen molar-refractivity contribution in [1.82, 2.24) is 10.6 Å². The van der Waals surface area contributed by atoms with E-state index in [9.17, 15) is 8.78 Å². The van der Waals surface area contributed by atoms with Gasteiger partial charge in [0, 0.05) is 30.3 Å². The predicted molar refractivity (Wildman–Crippen MR) is 63.8 cm³/mol. The molecule has 1 fully saturated rings. The molecular weight excluding hydrogens is 222 g/mol. The first-order valence-corrected chi connectivity index (χ1v) is 6.08. The molecule has 2 N–H and O–H groups in total. The van der Waals surface area contributed by atoms with Gasteiger partial charge in [-0.15, -0.1) is 0 Å². The van der Waals surface area contributed by atoms with Gasteiger partial charge in [-0.05, 0) is 32.4 Å². The minimum absolute atomic E-state index is 0.0991. The molecule has 2 nitrogen and oxygen atoms in total. The Morgan fingerprint density at radius 2 is 2.29 bits per heavy atom. The second kappa shape index (κ2) is 5.56. The number of rotatable bonds is 4. The van der Waals surface area contributed by atoms with Crippen molar-refractivity contribution in [3.8, 4) is 0 Å². The predicted octanol–water partition coefficient (Wildman–Crippen LogP) is 2.37. The highest BCUT2D eigenvalue weighted by atomic mass is 19.1. The third-order valence-corrected chi connectivity index (χ3v) is 3.26. The lowest BCUT2D eigenvalue weighted by Gasteiger charge is -2.18. The lowest BCUT2D eigenvalue weighted by Crippen LogP contribution is -2.35. The van der Waals surface area contributed by atoms with Crippen LogP contribution in [0.25, 0.3) is 0 Å². The molecule has 2 unspecified atom stereocenters. The van der Waals surface area contributed by atoms with Gasteiger partial charge in [0.25, 0.3) is 0 Å². The van der Waals surface area contributed by atoms with Gasteiger partial charge in [-0.3, -0.25) is 0 Å². The molecule has 2 atom stereocenters. The molecule has 4 heteroatoms. The maximum absolute atomic E-state index is 13.5. The van der Waals surface area contributed by atoms with Crippen LogP contribution in [-0.4, -0.2) is 19.1 Å². The van der Waals surface area contributed by atoms with Gasteiger partial charge in [-0.1, -0.05) is 6.07 Å². The van der Waals surface area contributed by atoms with Gasteiger partial charge in [0.2, 0.25) is 0 Å². The van der Waals surface area contributed by atoms with Crippen molar-refractivity contribution in [2.45, 2.75) is 31.8 Å². The Morgan fingerprint density at radius 1 is 1.47 bits per heavy atom. The van der Waals surface area contributed by atoms with E-state index >= 15 is 0 Å². The summed E-state index contributed by atoms with van der Waals surface area (Å²) in [6.45, 7) is 3.77. The van der Waals surface area contributed by atoms with Crippen LogP contribution < -0.4 is 10.6 Å². The summed E-state index contributed by atoms with van der Waals surface area (Å²) in [5, 5.41) is 6.65. The molecule has 0 aromatic heterocycles. The largest absolute Gasteiger partial charge is 0.313 e. The topological polar surface area (TPSA) is 24.1 Å². The summed E-state index contributed by atoms with van der Waals surface area (Å²) in [4.78, 5) is 0. The van der Waals surface area contributed by atoms with Crippen LogP contribution in [0.4, 0.5) is 8.78 Å². The van der Waals surface area contributed by atoms with Crippen molar-refractivity contribution in [1.29, 1.82) is 0 Å². The second-order valence-corrected chi connectivity index (χ2v) is 4.59. The van der Waals surface area contributed by atoms with Crippen LogP contribution in [0.15, 0.2) is 18.2 Å². The molecule has 1 saturated heterocycles. The van der Waals surface area contributed by atoms with E-state index in [4.69, 9.17) is 0 Å². The average Bonchev–Trinajstić information content (AvgIpc) is 2.78. The maximum Gasteiger partial charge on any atom is 0.130 e. The summed E-state index contributed by atoms with van der Waals surface area (Å²) < 4.78 is 26.3. The monoisotopic (exact) mass is 240 g/mol. The molecule has 94 valence electrons. The molecule has 0 aliphatic carbocycles. The lowest BCUT2D eigenvalue weighted by atomic mass is 10.1. The van der Waals surface area contributed by atoms with Crippen molar-refractivity contribution in [2.75, 3.05) is 13.1 Å². The Morgan fingerprint density at radius 3 is 2.94 bits per heavy atom. The van der Waals surface area contributed by atoms with Gasteiger partial charge < -0.3 is 10.6 Å². The lowest BCUT2D eigenvalue weighted by molar-refractivity contribution is 0.472. The standard InChI is InChI=1S/C13H18F2N2/c1-9(17-8-11-3-2-6-16-11)12-5-4-10(14)7-13(12)15/h4-5,7,9,11,16-17H,2-3,6,8H2,1H3. The molecular formula is C13H18F2N2. The van der Waals surface area contributed by atoms with Crippen LogP contribution in [0.2, 0.25) is 0 Å². The van der Waals surface area contributed by atoms with Gasteiger partial charge >= 0.3 is 0 Å². The van der Waals surface area contributed by atoms with Crippen molar-refractivity contribution in [3.05, 3.63) is 35.4 Å². The van der Waals surface area contributed by atoms with E-state index < -0.39 is 11.6 Å². The summed E-state index contributed by atoms with van der Waals surface area (Å²) >= 11 is 0. The molecule has 1 aromatic rings. The van der Waals surface area contributed by atoms with Gasteiger partial charge in [0.15, 0.2) is 0 Å². The van der Waals surface area contributed by atoms with Crippen molar-refractivity contribution >= 4 is 0 Å². The Labute approximate surface area is 100 Å². The molecule has 0 amide bonds. The first-order valence-electron chi connectivity index (χ1n) is 6.08. The van der Waals surface area contributed by atoms with Crippen molar-refractivity contribution < 1.29 is 8.78 Å². The quantitative estimate of drug-likeness (QED) is 0.844. The summed E-state index contributed by atoms with van der Waals surface area (Å²) in [6, 6.07) is 4.11. The average molecular weight is 240 g/mol. The van der Waals surface area contributed by atoms with Gasteiger partial charge in [-0.25, -0.2) is 8.78 Å². The third-order valence-electron chi connectivity index (χ3n) is 3.26. The smallest absolute Gasteiger partial charge is 0.130 e. The zero-order valence-corrected chi connectivity index (χ0v) is 9.97. The number of nitrogens with one attached hydrogen (secondary N) is 2. The van der Waals surface area contributed by atoms with Crippen LogP contribution in [0.1, 0.15) is 31.4 Å². The van der Waals surface area contributed by atoms with E-state index in [1.165, 1.54) is 18.6 Å². The summed E-state index contributed by atoms with van der Waals surface area (Å²) in [6.07, 6.45) is 2.36. The summed E-state index contributed by atoms with van der Waals surface area (Å²) in [5.41, 5.74) is 0.518. The van der Waals surface area contributed by atoms with E-state index in [1.54, 1.807) is 0 Å². The number of hydrogen-bond donors (Lipinski definition) is 2. The molecule has 17 heavy (non-hydrogen) atoms. The second-order valence-electron chi connectivity index (χ2n) is 4.59. The van der Waals surface area contributed by atoms with Crippen LogP contribution >= 0.6 is 0 Å². The molecule has 1 aromatic carbocycles. The first kappa shape index (κ1) is 12.5. The van der Waals surface area contributed by atoms with E-state index in [0.29, 0.717) is 11.6 Å². The van der Waals surface area contributed by atoms with E-state index in [2.05, 4.69) is 10.6 Å². The Bertz CT molecular complexity index is 376. The molecule has 1 aliphatic rings. The molecule has 1 heterocycles. The highest BCUT2D eigenvalue weighted by Gasteiger charge is 2.16. The summed E-state index contributed by atoms with van der Waals surface area (Å²) in [5.74, 6) is -1.01. The zero-order valence-electron chi connectivity index (χ0n) is 9.97. The highest BCUT2D eigenvalue weighted by molar-refractivity contribution is 5.21. The third kappa shape index (κ3) is 3.23. The van der Waals surface area contributed by atoms with Gasteiger partial charge in [0.05, 0.1) is 0 Å². The zero-order chi connectivity index (χ0) is 12.3. The van der Waals surface area contributed by atoms with E-state index in [-0.39, 0.29) is 6.04 Å².